The second kappa shape index (κ2) is 7.81. The molecule has 1 amide bonds. The summed E-state index contributed by atoms with van der Waals surface area (Å²) in [7, 11) is 0. The van der Waals surface area contributed by atoms with Gasteiger partial charge in [-0.1, -0.05) is 30.3 Å². The molecular weight excluding hydrogens is 326 g/mol. The molecular formula is C17H21N3O3S. The molecule has 1 saturated heterocycles. The summed E-state index contributed by atoms with van der Waals surface area (Å²) < 4.78 is 1.58. The highest BCUT2D eigenvalue weighted by Crippen LogP contribution is 2.27. The summed E-state index contributed by atoms with van der Waals surface area (Å²) in [5, 5.41) is 12.9. The molecule has 7 heteroatoms. The van der Waals surface area contributed by atoms with E-state index in [-0.39, 0.29) is 23.3 Å². The van der Waals surface area contributed by atoms with Gasteiger partial charge in [-0.2, -0.15) is 0 Å². The summed E-state index contributed by atoms with van der Waals surface area (Å²) in [5.74, 6) is 0.00798. The smallest absolute Gasteiger partial charge is 0.262 e. The number of carbonyl (C=O) groups excluding carboxylic acids is 1. The fourth-order valence-corrected chi connectivity index (χ4v) is 4.00. The van der Waals surface area contributed by atoms with E-state index in [1.807, 2.05) is 18.2 Å². The van der Waals surface area contributed by atoms with Crippen molar-refractivity contribution in [2.45, 2.75) is 42.6 Å². The van der Waals surface area contributed by atoms with E-state index in [9.17, 15) is 9.59 Å². The minimum absolute atomic E-state index is 0.00723. The molecule has 0 radical (unpaired) electrons. The molecule has 0 aliphatic carbocycles. The van der Waals surface area contributed by atoms with Gasteiger partial charge in [-0.25, -0.2) is 4.98 Å². The molecule has 1 aromatic carbocycles. The van der Waals surface area contributed by atoms with E-state index in [0.29, 0.717) is 35.6 Å². The molecule has 24 heavy (non-hydrogen) atoms. The highest BCUT2D eigenvalue weighted by molar-refractivity contribution is 8.00. The van der Waals surface area contributed by atoms with Crippen LogP contribution in [0.3, 0.4) is 0 Å². The Labute approximate surface area is 144 Å². The quantitative estimate of drug-likeness (QED) is 0.802. The summed E-state index contributed by atoms with van der Waals surface area (Å²) in [5.41, 5.74) is 0.518. The highest BCUT2D eigenvalue weighted by atomic mass is 32.2. The van der Waals surface area contributed by atoms with E-state index in [1.54, 1.807) is 10.6 Å². The number of thioether (sulfide) groups is 1. The predicted molar refractivity (Wildman–Crippen MR) is 94.2 cm³/mol. The number of carbonyl (C=O) groups is 1. The van der Waals surface area contributed by atoms with Crippen LogP contribution in [0.15, 0.2) is 34.2 Å². The molecule has 1 aliphatic heterocycles. The lowest BCUT2D eigenvalue weighted by atomic mass is 10.2. The SMILES string of the molecule is O=C1NCCCCC1Sc1nc2ccccc2c(=O)n1CCCO. The van der Waals surface area contributed by atoms with Crippen molar-refractivity contribution in [1.29, 1.82) is 0 Å². The molecule has 1 unspecified atom stereocenters. The maximum atomic E-state index is 12.8. The Morgan fingerprint density at radius 1 is 1.29 bits per heavy atom. The van der Waals surface area contributed by atoms with Crippen molar-refractivity contribution in [1.82, 2.24) is 14.9 Å². The molecule has 1 fully saturated rings. The third-order valence-electron chi connectivity index (χ3n) is 4.10. The second-order valence-corrected chi connectivity index (χ2v) is 7.01. The van der Waals surface area contributed by atoms with E-state index in [0.717, 1.165) is 19.3 Å². The topological polar surface area (TPSA) is 84.2 Å². The Morgan fingerprint density at radius 2 is 2.12 bits per heavy atom. The van der Waals surface area contributed by atoms with Gasteiger partial charge in [0.05, 0.1) is 16.2 Å². The average molecular weight is 347 g/mol. The first kappa shape index (κ1) is 17.0. The summed E-state index contributed by atoms with van der Waals surface area (Å²) in [6.07, 6.45) is 3.21. The zero-order valence-corrected chi connectivity index (χ0v) is 14.2. The first-order valence-electron chi connectivity index (χ1n) is 8.25. The zero-order valence-electron chi connectivity index (χ0n) is 13.4. The summed E-state index contributed by atoms with van der Waals surface area (Å²) in [4.78, 5) is 29.6. The van der Waals surface area contributed by atoms with Gasteiger partial charge in [0.2, 0.25) is 5.91 Å². The molecule has 1 atom stereocenters. The van der Waals surface area contributed by atoms with Crippen LogP contribution in [0.2, 0.25) is 0 Å². The number of rotatable bonds is 5. The van der Waals surface area contributed by atoms with Gasteiger partial charge in [0, 0.05) is 19.7 Å². The normalized spacial score (nSPS) is 18.4. The van der Waals surface area contributed by atoms with Crippen molar-refractivity contribution in [3.8, 4) is 0 Å². The molecule has 2 N–H and O–H groups in total. The third kappa shape index (κ3) is 3.62. The number of fused-ring (bicyclic) bond motifs is 1. The van der Waals surface area contributed by atoms with Gasteiger partial charge in [0.1, 0.15) is 0 Å². The largest absolute Gasteiger partial charge is 0.396 e. The van der Waals surface area contributed by atoms with E-state index in [4.69, 9.17) is 5.11 Å². The van der Waals surface area contributed by atoms with Crippen molar-refractivity contribution in [2.24, 2.45) is 0 Å². The minimum Gasteiger partial charge on any atom is -0.396 e. The van der Waals surface area contributed by atoms with Gasteiger partial charge in [-0.05, 0) is 31.4 Å². The first-order valence-corrected chi connectivity index (χ1v) is 9.13. The maximum Gasteiger partial charge on any atom is 0.262 e. The van der Waals surface area contributed by atoms with Crippen LogP contribution in [-0.4, -0.2) is 39.0 Å². The van der Waals surface area contributed by atoms with Crippen molar-refractivity contribution >= 4 is 28.6 Å². The van der Waals surface area contributed by atoms with E-state index < -0.39 is 0 Å². The Bertz CT molecular complexity index is 790. The molecule has 1 aliphatic rings. The number of aliphatic hydroxyl groups excluding tert-OH is 1. The minimum atomic E-state index is -0.235. The number of amides is 1. The van der Waals surface area contributed by atoms with E-state index in [2.05, 4.69) is 10.3 Å². The average Bonchev–Trinajstić information content (AvgIpc) is 2.79. The van der Waals surface area contributed by atoms with Crippen molar-refractivity contribution in [3.05, 3.63) is 34.6 Å². The molecule has 1 aromatic heterocycles. The Hall–Kier alpha value is -1.86. The monoisotopic (exact) mass is 347 g/mol. The summed E-state index contributed by atoms with van der Waals surface area (Å²) >= 11 is 1.35. The van der Waals surface area contributed by atoms with Gasteiger partial charge < -0.3 is 10.4 Å². The first-order chi connectivity index (χ1) is 11.7. The molecule has 0 bridgehead atoms. The van der Waals surface area contributed by atoms with E-state index in [1.165, 1.54) is 11.8 Å². The number of hydrogen-bond acceptors (Lipinski definition) is 5. The Kier molecular flexibility index (Phi) is 5.52. The molecule has 2 heterocycles. The van der Waals surface area contributed by atoms with Crippen LogP contribution in [0, 0.1) is 0 Å². The Morgan fingerprint density at radius 3 is 2.96 bits per heavy atom. The standard InChI is InChI=1S/C17H21N3O3S/c21-11-5-10-20-16(23)12-6-1-2-7-13(12)19-17(20)24-14-8-3-4-9-18-15(14)22/h1-2,6-7,14,21H,3-5,8-11H2,(H,18,22). The van der Waals surface area contributed by atoms with Gasteiger partial charge in [-0.15, -0.1) is 0 Å². The summed E-state index contributed by atoms with van der Waals surface area (Å²) in [6.45, 7) is 1.11. The molecule has 3 rings (SSSR count). The van der Waals surface area contributed by atoms with Crippen molar-refractivity contribution in [3.63, 3.8) is 0 Å². The van der Waals surface area contributed by atoms with Gasteiger partial charge in [0.25, 0.3) is 5.56 Å². The lowest BCUT2D eigenvalue weighted by molar-refractivity contribution is -0.120. The molecule has 6 nitrogen and oxygen atoms in total. The molecule has 0 spiro atoms. The third-order valence-corrected chi connectivity index (χ3v) is 5.36. The van der Waals surface area contributed by atoms with Gasteiger partial charge >= 0.3 is 0 Å². The van der Waals surface area contributed by atoms with Gasteiger partial charge in [0.15, 0.2) is 5.16 Å². The van der Waals surface area contributed by atoms with Crippen molar-refractivity contribution in [2.75, 3.05) is 13.2 Å². The number of nitrogens with zero attached hydrogens (tertiary/aromatic N) is 2. The fourth-order valence-electron chi connectivity index (χ4n) is 2.81. The lowest BCUT2D eigenvalue weighted by Crippen LogP contribution is -2.32. The van der Waals surface area contributed by atoms with E-state index >= 15 is 0 Å². The number of aromatic nitrogens is 2. The Balaban J connectivity index is 2.00. The van der Waals surface area contributed by atoms with Crippen LogP contribution in [0.1, 0.15) is 25.7 Å². The molecule has 2 aromatic rings. The zero-order chi connectivity index (χ0) is 16.9. The number of aliphatic hydroxyl groups is 1. The van der Waals surface area contributed by atoms with Crippen LogP contribution < -0.4 is 10.9 Å². The van der Waals surface area contributed by atoms with Crippen LogP contribution >= 0.6 is 11.8 Å². The van der Waals surface area contributed by atoms with Crippen LogP contribution in [-0.2, 0) is 11.3 Å². The number of nitrogens with one attached hydrogen (secondary N) is 1. The second-order valence-electron chi connectivity index (χ2n) is 5.84. The van der Waals surface area contributed by atoms with Crippen LogP contribution in [0.4, 0.5) is 0 Å². The molecule has 128 valence electrons. The summed E-state index contributed by atoms with van der Waals surface area (Å²) in [6, 6.07) is 7.23. The molecule has 0 saturated carbocycles. The predicted octanol–water partition coefficient (Wildman–Crippen LogP) is 1.54. The van der Waals surface area contributed by atoms with Crippen molar-refractivity contribution < 1.29 is 9.90 Å². The maximum absolute atomic E-state index is 12.8. The highest BCUT2D eigenvalue weighted by Gasteiger charge is 2.24. The van der Waals surface area contributed by atoms with Crippen LogP contribution in [0.25, 0.3) is 10.9 Å². The van der Waals surface area contributed by atoms with Gasteiger partial charge in [-0.3, -0.25) is 14.2 Å². The number of hydrogen-bond donors (Lipinski definition) is 2. The number of benzene rings is 1. The van der Waals surface area contributed by atoms with Crippen LogP contribution in [0.5, 0.6) is 0 Å². The fraction of sp³-hybridized carbons (Fsp3) is 0.471. The number of para-hydroxylation sites is 1. The lowest BCUT2D eigenvalue weighted by Gasteiger charge is -2.16.